The molecule has 204 valence electrons. The van der Waals surface area contributed by atoms with Crippen molar-refractivity contribution in [1.82, 2.24) is 15.5 Å². The standard InChI is InChI=1S/C31H41N3O4/c1-3-4-5-6-11-22-19-25(15-16-27(22)26-14-8-7-10-21(26)2)31-33-29(34-38-31)23-12-9-13-24(20-23)30(37)32-18-17-28(35)36/h7-9,12-15,19,21,23,27,30,32,37H,3-6,10-11,16-18,20H2,1-2H3,(H,35,36). The summed E-state index contributed by atoms with van der Waals surface area (Å²) in [4.78, 5) is 15.5. The number of aliphatic carboxylic acids is 1. The Morgan fingerprint density at radius 2 is 2.08 bits per heavy atom. The monoisotopic (exact) mass is 519 g/mol. The van der Waals surface area contributed by atoms with E-state index in [1.807, 2.05) is 18.2 Å². The minimum Gasteiger partial charge on any atom is -0.481 e. The van der Waals surface area contributed by atoms with Gasteiger partial charge in [0.2, 0.25) is 0 Å². The van der Waals surface area contributed by atoms with Gasteiger partial charge >= 0.3 is 5.97 Å². The predicted octanol–water partition coefficient (Wildman–Crippen LogP) is 6.24. The first-order valence-electron chi connectivity index (χ1n) is 14.1. The Bertz CT molecular complexity index is 1150. The number of nitrogens with zero attached hydrogens (tertiary/aromatic N) is 2. The molecule has 0 aliphatic heterocycles. The lowest BCUT2D eigenvalue weighted by Gasteiger charge is -2.30. The number of allylic oxidation sites excluding steroid dienone is 11. The largest absolute Gasteiger partial charge is 0.481 e. The van der Waals surface area contributed by atoms with Gasteiger partial charge in [-0.15, -0.1) is 0 Å². The van der Waals surface area contributed by atoms with Crippen molar-refractivity contribution in [2.75, 3.05) is 6.54 Å². The number of carboxylic acids is 1. The van der Waals surface area contributed by atoms with Crippen LogP contribution in [0.2, 0.25) is 0 Å². The molecule has 0 bridgehead atoms. The molecule has 38 heavy (non-hydrogen) atoms. The normalized spacial score (nSPS) is 23.9. The quantitative estimate of drug-likeness (QED) is 0.209. The number of aliphatic hydroxyl groups is 1. The molecule has 3 aliphatic carbocycles. The topological polar surface area (TPSA) is 108 Å². The summed E-state index contributed by atoms with van der Waals surface area (Å²) >= 11 is 0. The summed E-state index contributed by atoms with van der Waals surface area (Å²) in [5, 5.41) is 26.4. The van der Waals surface area contributed by atoms with E-state index < -0.39 is 12.2 Å². The minimum atomic E-state index is -0.907. The van der Waals surface area contributed by atoms with Crippen LogP contribution in [-0.2, 0) is 4.79 Å². The van der Waals surface area contributed by atoms with Gasteiger partial charge in [0, 0.05) is 24.0 Å². The van der Waals surface area contributed by atoms with Crippen LogP contribution < -0.4 is 5.32 Å². The predicted molar refractivity (Wildman–Crippen MR) is 149 cm³/mol. The van der Waals surface area contributed by atoms with Crippen molar-refractivity contribution in [3.63, 3.8) is 0 Å². The number of aromatic nitrogens is 2. The van der Waals surface area contributed by atoms with Gasteiger partial charge in [-0.1, -0.05) is 91.9 Å². The Balaban J connectivity index is 1.45. The molecule has 0 aromatic carbocycles. The zero-order valence-electron chi connectivity index (χ0n) is 22.6. The van der Waals surface area contributed by atoms with Crippen molar-refractivity contribution in [3.05, 3.63) is 77.0 Å². The van der Waals surface area contributed by atoms with Gasteiger partial charge in [0.1, 0.15) is 6.23 Å². The first-order valence-corrected chi connectivity index (χ1v) is 14.1. The molecule has 0 amide bonds. The second-order valence-corrected chi connectivity index (χ2v) is 10.6. The van der Waals surface area contributed by atoms with Crippen LogP contribution in [0.1, 0.15) is 89.3 Å². The van der Waals surface area contributed by atoms with Crippen molar-refractivity contribution in [2.45, 2.75) is 83.8 Å². The molecule has 3 aliphatic rings. The van der Waals surface area contributed by atoms with Gasteiger partial charge in [0.15, 0.2) is 5.82 Å². The van der Waals surface area contributed by atoms with E-state index in [9.17, 15) is 9.90 Å². The highest BCUT2D eigenvalue weighted by atomic mass is 16.5. The maximum absolute atomic E-state index is 10.7. The lowest BCUT2D eigenvalue weighted by atomic mass is 9.74. The number of nitrogens with one attached hydrogen (secondary N) is 1. The molecule has 1 aromatic heterocycles. The molecular weight excluding hydrogens is 478 g/mol. The Hall–Kier alpha value is -3.03. The Morgan fingerprint density at radius 3 is 2.87 bits per heavy atom. The Kier molecular flexibility index (Phi) is 10.1. The van der Waals surface area contributed by atoms with Crippen molar-refractivity contribution in [1.29, 1.82) is 0 Å². The van der Waals surface area contributed by atoms with Gasteiger partial charge in [-0.25, -0.2) is 0 Å². The van der Waals surface area contributed by atoms with E-state index in [2.05, 4.69) is 54.7 Å². The summed E-state index contributed by atoms with van der Waals surface area (Å²) in [6, 6.07) is 0. The maximum Gasteiger partial charge on any atom is 0.304 e. The van der Waals surface area contributed by atoms with E-state index in [0.717, 1.165) is 30.4 Å². The van der Waals surface area contributed by atoms with E-state index in [-0.39, 0.29) is 18.9 Å². The van der Waals surface area contributed by atoms with Crippen LogP contribution in [-0.4, -0.2) is 39.1 Å². The molecule has 0 spiro atoms. The average molecular weight is 520 g/mol. The van der Waals surface area contributed by atoms with Gasteiger partial charge in [-0.05, 0) is 49.7 Å². The van der Waals surface area contributed by atoms with Crippen molar-refractivity contribution in [3.8, 4) is 0 Å². The molecule has 1 aromatic rings. The molecule has 4 unspecified atom stereocenters. The van der Waals surface area contributed by atoms with Gasteiger partial charge in [-0.2, -0.15) is 4.98 Å². The fraction of sp³-hybridized carbons (Fsp3) is 0.516. The third-order valence-electron chi connectivity index (χ3n) is 7.72. The number of hydrogen-bond donors (Lipinski definition) is 3. The van der Waals surface area contributed by atoms with Crippen molar-refractivity contribution in [2.24, 2.45) is 11.8 Å². The molecule has 7 nitrogen and oxygen atoms in total. The lowest BCUT2D eigenvalue weighted by Crippen LogP contribution is -2.33. The summed E-state index contributed by atoms with van der Waals surface area (Å²) in [6.45, 7) is 4.77. The van der Waals surface area contributed by atoms with E-state index in [1.165, 1.54) is 36.8 Å². The van der Waals surface area contributed by atoms with Crippen LogP contribution in [0.15, 0.2) is 69.9 Å². The van der Waals surface area contributed by atoms with Gasteiger partial charge in [-0.3, -0.25) is 10.1 Å². The summed E-state index contributed by atoms with van der Waals surface area (Å²) in [6.07, 6.45) is 24.7. The van der Waals surface area contributed by atoms with E-state index >= 15 is 0 Å². The highest BCUT2D eigenvalue weighted by molar-refractivity contribution is 5.71. The molecule has 4 rings (SSSR count). The van der Waals surface area contributed by atoms with Crippen molar-refractivity contribution >= 4 is 11.5 Å². The van der Waals surface area contributed by atoms with E-state index in [0.29, 0.717) is 30.0 Å². The Morgan fingerprint density at radius 1 is 1.21 bits per heavy atom. The van der Waals surface area contributed by atoms with Gasteiger partial charge in [0.25, 0.3) is 5.89 Å². The average Bonchev–Trinajstić information content (AvgIpc) is 3.42. The first-order chi connectivity index (χ1) is 18.5. The minimum absolute atomic E-state index is 0.0468. The molecule has 0 saturated heterocycles. The summed E-state index contributed by atoms with van der Waals surface area (Å²) in [5.41, 5.74) is 4.76. The molecule has 4 atom stereocenters. The molecular formula is C31H41N3O4. The zero-order chi connectivity index (χ0) is 26.9. The molecule has 3 N–H and O–H groups in total. The SMILES string of the molecule is CCCCCCC1=CC(c2nc(C3C=CC=C(C(O)NCCC(=O)O)C3)no2)=CCC1C1=CC=CCC1C. The van der Waals surface area contributed by atoms with Crippen LogP contribution >= 0.6 is 0 Å². The van der Waals surface area contributed by atoms with Gasteiger partial charge < -0.3 is 14.7 Å². The smallest absolute Gasteiger partial charge is 0.304 e. The molecule has 0 fully saturated rings. The summed E-state index contributed by atoms with van der Waals surface area (Å²) in [7, 11) is 0. The lowest BCUT2D eigenvalue weighted by molar-refractivity contribution is -0.136. The van der Waals surface area contributed by atoms with Crippen molar-refractivity contribution < 1.29 is 19.5 Å². The van der Waals surface area contributed by atoms with Crippen LogP contribution in [0.3, 0.4) is 0 Å². The highest BCUT2D eigenvalue weighted by Gasteiger charge is 2.28. The van der Waals surface area contributed by atoms with Crippen LogP contribution in [0, 0.1) is 11.8 Å². The Labute approximate surface area is 225 Å². The molecule has 0 radical (unpaired) electrons. The number of hydrogen-bond acceptors (Lipinski definition) is 6. The van der Waals surface area contributed by atoms with Crippen LogP contribution in [0.4, 0.5) is 0 Å². The maximum atomic E-state index is 10.7. The van der Waals surface area contributed by atoms with Crippen LogP contribution in [0.25, 0.3) is 5.57 Å². The second-order valence-electron chi connectivity index (χ2n) is 10.6. The third-order valence-corrected chi connectivity index (χ3v) is 7.72. The first kappa shape index (κ1) is 28.0. The summed E-state index contributed by atoms with van der Waals surface area (Å²) in [5.74, 6) is 1.12. The number of carboxylic acid groups (broad SMARTS) is 1. The van der Waals surface area contributed by atoms with Crippen LogP contribution in [0.5, 0.6) is 0 Å². The van der Waals surface area contributed by atoms with E-state index in [1.54, 1.807) is 0 Å². The molecule has 7 heteroatoms. The summed E-state index contributed by atoms with van der Waals surface area (Å²) < 4.78 is 5.74. The fourth-order valence-corrected chi connectivity index (χ4v) is 5.51. The molecule has 1 heterocycles. The highest BCUT2D eigenvalue weighted by Crippen LogP contribution is 2.40. The van der Waals surface area contributed by atoms with Gasteiger partial charge in [0.05, 0.1) is 6.42 Å². The fourth-order valence-electron chi connectivity index (χ4n) is 5.51. The molecule has 0 saturated carbocycles. The number of carbonyl (C=O) groups is 1. The third kappa shape index (κ3) is 7.29. The zero-order valence-corrected chi connectivity index (χ0v) is 22.6. The number of rotatable bonds is 13. The number of aliphatic hydroxyl groups excluding tert-OH is 1. The number of unbranched alkanes of at least 4 members (excludes halogenated alkanes) is 3. The second kappa shape index (κ2) is 13.7. The van der Waals surface area contributed by atoms with E-state index in [4.69, 9.17) is 14.6 Å².